The number of rotatable bonds is 3. The van der Waals surface area contributed by atoms with Gasteiger partial charge in [-0.2, -0.15) is 0 Å². The van der Waals surface area contributed by atoms with E-state index in [0.717, 1.165) is 44.9 Å². The first kappa shape index (κ1) is 18.9. The Morgan fingerprint density at radius 3 is 2.59 bits per heavy atom. The molecule has 3 saturated carbocycles. The zero-order valence-corrected chi connectivity index (χ0v) is 16.9. The summed E-state index contributed by atoms with van der Waals surface area (Å²) < 4.78 is 5.02. The molecule has 0 aliphatic heterocycles. The lowest BCUT2D eigenvalue weighted by Gasteiger charge is -2.58. The summed E-state index contributed by atoms with van der Waals surface area (Å²) in [6.07, 6.45) is 10.1. The second-order valence-electron chi connectivity index (χ2n) is 9.89. The third-order valence-corrected chi connectivity index (χ3v) is 8.77. The average Bonchev–Trinajstić information content (AvgIpc) is 2.97. The van der Waals surface area contributed by atoms with Gasteiger partial charge in [-0.1, -0.05) is 19.4 Å². The van der Waals surface area contributed by atoms with E-state index in [2.05, 4.69) is 13.8 Å². The molecular weight excluding hydrogens is 340 g/mol. The first-order chi connectivity index (χ1) is 12.8. The minimum atomic E-state index is -0.377. The second-order valence-corrected chi connectivity index (χ2v) is 9.89. The Morgan fingerprint density at radius 2 is 1.85 bits per heavy atom. The predicted molar refractivity (Wildman–Crippen MR) is 102 cm³/mol. The Labute approximate surface area is 162 Å². The van der Waals surface area contributed by atoms with E-state index in [1.165, 1.54) is 12.5 Å². The minimum absolute atomic E-state index is 0.0282. The van der Waals surface area contributed by atoms with Crippen molar-refractivity contribution in [2.45, 2.75) is 72.1 Å². The van der Waals surface area contributed by atoms with Crippen molar-refractivity contribution >= 4 is 17.5 Å². The van der Waals surface area contributed by atoms with E-state index < -0.39 is 0 Å². The fourth-order valence-electron chi connectivity index (χ4n) is 7.36. The van der Waals surface area contributed by atoms with Gasteiger partial charge in [-0.15, -0.1) is 0 Å². The van der Waals surface area contributed by atoms with Crippen LogP contribution in [0.15, 0.2) is 11.6 Å². The fraction of sp³-hybridized carbons (Fsp3) is 0.783. The Morgan fingerprint density at radius 1 is 1.07 bits per heavy atom. The van der Waals surface area contributed by atoms with Crippen LogP contribution in [0.3, 0.4) is 0 Å². The number of ether oxygens (including phenoxy) is 1. The van der Waals surface area contributed by atoms with Crippen molar-refractivity contribution in [2.75, 3.05) is 6.61 Å². The van der Waals surface area contributed by atoms with Gasteiger partial charge in [0.25, 0.3) is 0 Å². The third kappa shape index (κ3) is 2.91. The zero-order valence-electron chi connectivity index (χ0n) is 16.9. The number of fused-ring (bicyclic) bond motifs is 5. The molecule has 4 rings (SSSR count). The van der Waals surface area contributed by atoms with Gasteiger partial charge in [0.05, 0.1) is 0 Å². The van der Waals surface area contributed by atoms with E-state index in [1.807, 2.05) is 6.08 Å². The monoisotopic (exact) mass is 372 g/mol. The highest BCUT2D eigenvalue weighted by Crippen LogP contribution is 2.66. The number of allylic oxidation sites excluding steroid dienone is 1. The van der Waals surface area contributed by atoms with E-state index in [1.54, 1.807) is 0 Å². The number of hydrogen-bond donors (Lipinski definition) is 0. The van der Waals surface area contributed by atoms with Crippen LogP contribution in [0, 0.1) is 34.5 Å². The summed E-state index contributed by atoms with van der Waals surface area (Å²) in [6, 6.07) is 0. The van der Waals surface area contributed by atoms with Crippen LogP contribution >= 0.6 is 0 Å². The van der Waals surface area contributed by atoms with Gasteiger partial charge in [-0.05, 0) is 79.6 Å². The molecule has 0 aromatic carbocycles. The molecule has 0 aromatic rings. The Hall–Kier alpha value is -1.45. The fourth-order valence-corrected chi connectivity index (χ4v) is 7.36. The van der Waals surface area contributed by atoms with Gasteiger partial charge in [0, 0.05) is 19.3 Å². The van der Waals surface area contributed by atoms with Gasteiger partial charge in [-0.25, -0.2) is 0 Å². The molecule has 0 saturated heterocycles. The van der Waals surface area contributed by atoms with Crippen LogP contribution in [-0.2, 0) is 19.1 Å². The maximum absolute atomic E-state index is 12.8. The van der Waals surface area contributed by atoms with Crippen LogP contribution in [0.5, 0.6) is 0 Å². The largest absolute Gasteiger partial charge is 0.458 e. The summed E-state index contributed by atoms with van der Waals surface area (Å²) in [4.78, 5) is 35.8. The average molecular weight is 373 g/mol. The molecule has 4 heteroatoms. The molecule has 0 heterocycles. The molecule has 0 N–H and O–H groups in total. The number of ketones is 2. The maximum Gasteiger partial charge on any atom is 0.303 e. The Kier molecular flexibility index (Phi) is 4.59. The van der Waals surface area contributed by atoms with Crippen molar-refractivity contribution in [1.82, 2.24) is 0 Å². The number of hydrogen-bond acceptors (Lipinski definition) is 4. The van der Waals surface area contributed by atoms with E-state index >= 15 is 0 Å². The van der Waals surface area contributed by atoms with E-state index in [4.69, 9.17) is 4.74 Å². The molecular formula is C23H32O4. The van der Waals surface area contributed by atoms with E-state index in [0.29, 0.717) is 30.0 Å². The molecule has 0 bridgehead atoms. The number of esters is 1. The third-order valence-electron chi connectivity index (χ3n) is 8.77. The van der Waals surface area contributed by atoms with Gasteiger partial charge < -0.3 is 4.74 Å². The highest BCUT2D eigenvalue weighted by molar-refractivity contribution is 5.91. The highest BCUT2D eigenvalue weighted by atomic mass is 16.5. The Bertz CT molecular complexity index is 707. The number of Topliss-reactive ketones (excluding diaryl/α,β-unsaturated/α-hetero) is 1. The van der Waals surface area contributed by atoms with Crippen molar-refractivity contribution in [2.24, 2.45) is 34.5 Å². The molecule has 4 aliphatic carbocycles. The molecule has 6 atom stereocenters. The number of carbonyl (C=O) groups excluding carboxylic acids is 3. The van der Waals surface area contributed by atoms with Gasteiger partial charge in [-0.3, -0.25) is 14.4 Å². The molecule has 0 aromatic heterocycles. The molecule has 148 valence electrons. The smallest absolute Gasteiger partial charge is 0.303 e. The van der Waals surface area contributed by atoms with Gasteiger partial charge in [0.2, 0.25) is 0 Å². The van der Waals surface area contributed by atoms with Crippen LogP contribution in [0.2, 0.25) is 0 Å². The van der Waals surface area contributed by atoms with Crippen molar-refractivity contribution in [3.8, 4) is 0 Å². The molecule has 0 spiro atoms. The lowest BCUT2D eigenvalue weighted by molar-refractivity contribution is -0.149. The van der Waals surface area contributed by atoms with Crippen LogP contribution in [0.4, 0.5) is 0 Å². The molecule has 4 nitrogen and oxygen atoms in total. The lowest BCUT2D eigenvalue weighted by atomic mass is 9.46. The van der Waals surface area contributed by atoms with Crippen molar-refractivity contribution in [3.05, 3.63) is 11.6 Å². The first-order valence-electron chi connectivity index (χ1n) is 10.7. The molecule has 3 fully saturated rings. The highest BCUT2D eigenvalue weighted by Gasteiger charge is 2.60. The normalized spacial score (nSPS) is 43.2. The maximum atomic E-state index is 12.8. The summed E-state index contributed by atoms with van der Waals surface area (Å²) in [6.45, 7) is 6.00. The summed E-state index contributed by atoms with van der Waals surface area (Å²) >= 11 is 0. The standard InChI is InChI=1S/C23H32O4/c1-14(24)27-13-21(26)20-7-6-18-17-5-4-15-12-16(25)8-10-22(15,2)19(17)9-11-23(18,20)3/h12,17-20H,4-11,13H2,1-3H3/t17?,18?,19?,20?,22?,23-/m0/s1. The van der Waals surface area contributed by atoms with Crippen LogP contribution < -0.4 is 0 Å². The van der Waals surface area contributed by atoms with Crippen LogP contribution in [0.1, 0.15) is 72.1 Å². The molecule has 27 heavy (non-hydrogen) atoms. The lowest BCUT2D eigenvalue weighted by Crippen LogP contribution is -2.51. The predicted octanol–water partition coefficient (Wildman–Crippen LogP) is 4.27. The van der Waals surface area contributed by atoms with Gasteiger partial charge >= 0.3 is 5.97 Å². The topological polar surface area (TPSA) is 60.4 Å². The van der Waals surface area contributed by atoms with Crippen molar-refractivity contribution in [1.29, 1.82) is 0 Å². The SMILES string of the molecule is CC(=O)OCC(=O)C1CCC2C3CCC4=CC(=O)CCC4(C)C3CC[C@]12C. The van der Waals surface area contributed by atoms with Crippen molar-refractivity contribution in [3.63, 3.8) is 0 Å². The molecule has 5 unspecified atom stereocenters. The van der Waals surface area contributed by atoms with Gasteiger partial charge in [0.1, 0.15) is 6.61 Å². The summed E-state index contributed by atoms with van der Waals surface area (Å²) in [5, 5.41) is 0. The van der Waals surface area contributed by atoms with E-state index in [-0.39, 0.29) is 35.1 Å². The minimum Gasteiger partial charge on any atom is -0.458 e. The Balaban J connectivity index is 1.56. The van der Waals surface area contributed by atoms with Crippen LogP contribution in [0.25, 0.3) is 0 Å². The quantitative estimate of drug-likeness (QED) is 0.694. The first-order valence-corrected chi connectivity index (χ1v) is 10.7. The van der Waals surface area contributed by atoms with E-state index in [9.17, 15) is 14.4 Å². The summed E-state index contributed by atoms with van der Waals surface area (Å²) in [5.41, 5.74) is 1.61. The summed E-state index contributed by atoms with van der Waals surface area (Å²) in [5.74, 6) is 1.95. The van der Waals surface area contributed by atoms with Crippen molar-refractivity contribution < 1.29 is 19.1 Å². The molecule has 0 radical (unpaired) electrons. The second kappa shape index (κ2) is 6.56. The molecule has 4 aliphatic rings. The molecule has 0 amide bonds. The van der Waals surface area contributed by atoms with Crippen LogP contribution in [-0.4, -0.2) is 24.1 Å². The number of carbonyl (C=O) groups is 3. The summed E-state index contributed by atoms with van der Waals surface area (Å²) in [7, 11) is 0. The van der Waals surface area contributed by atoms with Gasteiger partial charge in [0.15, 0.2) is 11.6 Å². The zero-order chi connectivity index (χ0) is 19.4.